The second kappa shape index (κ2) is 8.89. The van der Waals surface area contributed by atoms with Gasteiger partial charge in [0.1, 0.15) is 5.75 Å². The van der Waals surface area contributed by atoms with E-state index in [1.807, 2.05) is 57.2 Å². The van der Waals surface area contributed by atoms with Crippen molar-refractivity contribution in [2.45, 2.75) is 27.3 Å². The van der Waals surface area contributed by atoms with Gasteiger partial charge in [-0.1, -0.05) is 32.0 Å². The minimum Gasteiger partial charge on any atom is -0.497 e. The largest absolute Gasteiger partial charge is 0.497 e. The maximum atomic E-state index is 12.2. The fourth-order valence-corrected chi connectivity index (χ4v) is 2.21. The number of urea groups is 1. The molecular weight excluding hydrogens is 330 g/mol. The molecule has 3 amide bonds. The molecule has 0 aliphatic rings. The molecule has 6 nitrogen and oxygen atoms in total. The first-order chi connectivity index (χ1) is 12.4. The number of methoxy groups -OCH3 is 1. The molecule has 138 valence electrons. The Morgan fingerprint density at radius 2 is 1.73 bits per heavy atom. The highest BCUT2D eigenvalue weighted by molar-refractivity contribution is 5.94. The fourth-order valence-electron chi connectivity index (χ4n) is 2.21. The van der Waals surface area contributed by atoms with E-state index < -0.39 is 0 Å². The Kier molecular flexibility index (Phi) is 6.60. The minimum absolute atomic E-state index is 0.0660. The zero-order chi connectivity index (χ0) is 19.1. The lowest BCUT2D eigenvalue weighted by molar-refractivity contribution is -0.118. The van der Waals surface area contributed by atoms with E-state index in [-0.39, 0.29) is 17.9 Å². The van der Waals surface area contributed by atoms with E-state index in [1.54, 1.807) is 13.2 Å². The van der Waals surface area contributed by atoms with Crippen LogP contribution < -0.4 is 20.7 Å². The Bertz CT molecular complexity index is 770. The van der Waals surface area contributed by atoms with Crippen LogP contribution in [-0.2, 0) is 11.3 Å². The number of anilines is 2. The van der Waals surface area contributed by atoms with Gasteiger partial charge < -0.3 is 20.7 Å². The smallest absolute Gasteiger partial charge is 0.319 e. The van der Waals surface area contributed by atoms with Crippen molar-refractivity contribution in [2.75, 3.05) is 17.7 Å². The van der Waals surface area contributed by atoms with Crippen LogP contribution in [0.4, 0.5) is 16.2 Å². The molecule has 2 aromatic carbocycles. The summed E-state index contributed by atoms with van der Waals surface area (Å²) < 4.78 is 5.11. The second-order valence-corrected chi connectivity index (χ2v) is 6.33. The Balaban J connectivity index is 1.95. The van der Waals surface area contributed by atoms with Crippen molar-refractivity contribution in [3.05, 3.63) is 53.6 Å². The van der Waals surface area contributed by atoms with E-state index in [4.69, 9.17) is 4.74 Å². The highest BCUT2D eigenvalue weighted by atomic mass is 16.5. The number of carbonyl (C=O) groups is 2. The molecule has 0 atom stereocenters. The van der Waals surface area contributed by atoms with E-state index in [0.717, 1.165) is 16.9 Å². The molecule has 0 saturated heterocycles. The number of rotatable bonds is 6. The summed E-state index contributed by atoms with van der Waals surface area (Å²) in [5, 5.41) is 8.46. The topological polar surface area (TPSA) is 79.5 Å². The zero-order valence-electron chi connectivity index (χ0n) is 15.6. The van der Waals surface area contributed by atoms with Crippen LogP contribution in [0, 0.1) is 12.8 Å². The molecule has 0 heterocycles. The number of amides is 3. The number of hydrogen-bond donors (Lipinski definition) is 3. The van der Waals surface area contributed by atoms with E-state index >= 15 is 0 Å². The van der Waals surface area contributed by atoms with Crippen LogP contribution in [0.5, 0.6) is 5.75 Å². The van der Waals surface area contributed by atoms with Crippen molar-refractivity contribution in [1.82, 2.24) is 5.32 Å². The first-order valence-corrected chi connectivity index (χ1v) is 8.48. The van der Waals surface area contributed by atoms with Crippen molar-refractivity contribution < 1.29 is 14.3 Å². The Labute approximate surface area is 153 Å². The summed E-state index contributed by atoms with van der Waals surface area (Å²) in [6.07, 6.45) is 0. The van der Waals surface area contributed by atoms with Gasteiger partial charge in [0, 0.05) is 23.8 Å². The summed E-state index contributed by atoms with van der Waals surface area (Å²) in [5.74, 6) is 0.596. The van der Waals surface area contributed by atoms with Crippen LogP contribution in [-0.4, -0.2) is 19.0 Å². The number of benzene rings is 2. The molecule has 26 heavy (non-hydrogen) atoms. The van der Waals surface area contributed by atoms with E-state index in [9.17, 15) is 9.59 Å². The summed E-state index contributed by atoms with van der Waals surface area (Å²) in [7, 11) is 1.61. The van der Waals surface area contributed by atoms with Gasteiger partial charge in [0.15, 0.2) is 0 Å². The summed E-state index contributed by atoms with van der Waals surface area (Å²) >= 11 is 0. The third-order valence-corrected chi connectivity index (χ3v) is 3.89. The third-order valence-electron chi connectivity index (χ3n) is 3.89. The molecule has 0 unspecified atom stereocenters. The Morgan fingerprint density at radius 3 is 2.35 bits per heavy atom. The number of nitrogens with one attached hydrogen (secondary N) is 3. The monoisotopic (exact) mass is 355 g/mol. The average Bonchev–Trinajstić information content (AvgIpc) is 2.63. The van der Waals surface area contributed by atoms with Crippen LogP contribution in [0.2, 0.25) is 0 Å². The molecule has 0 bridgehead atoms. The molecule has 3 N–H and O–H groups in total. The quantitative estimate of drug-likeness (QED) is 0.735. The van der Waals surface area contributed by atoms with Gasteiger partial charge in [0.25, 0.3) is 0 Å². The number of ether oxygens (including phenoxy) is 1. The summed E-state index contributed by atoms with van der Waals surface area (Å²) in [6.45, 7) is 5.95. The van der Waals surface area contributed by atoms with E-state index in [0.29, 0.717) is 17.9 Å². The lowest BCUT2D eigenvalue weighted by atomic mass is 10.1. The number of aryl methyl sites for hydroxylation is 1. The summed E-state index contributed by atoms with van der Waals surface area (Å²) in [5.41, 5.74) is 3.18. The summed E-state index contributed by atoms with van der Waals surface area (Å²) in [4.78, 5) is 24.0. The molecule has 0 spiro atoms. The fraction of sp³-hybridized carbons (Fsp3) is 0.300. The van der Waals surface area contributed by atoms with Gasteiger partial charge in [0.05, 0.1) is 7.11 Å². The van der Waals surface area contributed by atoms with Gasteiger partial charge in [-0.25, -0.2) is 4.79 Å². The molecule has 2 rings (SSSR count). The lowest BCUT2D eigenvalue weighted by Gasteiger charge is -2.13. The molecule has 0 aliphatic heterocycles. The van der Waals surface area contributed by atoms with Gasteiger partial charge in [-0.15, -0.1) is 0 Å². The normalized spacial score (nSPS) is 10.3. The molecule has 0 fully saturated rings. The standard InChI is InChI=1S/C20H25N3O3/c1-13(2)19(24)22-16-8-5-14(3)18(11-16)23-20(25)21-12-15-6-9-17(26-4)10-7-15/h5-11,13H,12H2,1-4H3,(H,22,24)(H2,21,23,25). The van der Waals surface area contributed by atoms with Crippen LogP contribution in [0.25, 0.3) is 0 Å². The molecule has 6 heteroatoms. The molecule has 0 aromatic heterocycles. The molecule has 2 aromatic rings. The highest BCUT2D eigenvalue weighted by Gasteiger charge is 2.10. The second-order valence-electron chi connectivity index (χ2n) is 6.33. The van der Waals surface area contributed by atoms with Crippen molar-refractivity contribution >= 4 is 23.3 Å². The van der Waals surface area contributed by atoms with Crippen LogP contribution >= 0.6 is 0 Å². The highest BCUT2D eigenvalue weighted by Crippen LogP contribution is 2.21. The average molecular weight is 355 g/mol. The van der Waals surface area contributed by atoms with Gasteiger partial charge >= 0.3 is 6.03 Å². The number of carbonyl (C=O) groups excluding carboxylic acids is 2. The van der Waals surface area contributed by atoms with Gasteiger partial charge in [-0.05, 0) is 42.3 Å². The Morgan fingerprint density at radius 1 is 1.04 bits per heavy atom. The molecular formula is C20H25N3O3. The first-order valence-electron chi connectivity index (χ1n) is 8.48. The van der Waals surface area contributed by atoms with Crippen molar-refractivity contribution in [3.8, 4) is 5.75 Å². The molecule has 0 saturated carbocycles. The first kappa shape index (κ1) is 19.3. The van der Waals surface area contributed by atoms with Gasteiger partial charge in [-0.2, -0.15) is 0 Å². The predicted molar refractivity (Wildman–Crippen MR) is 103 cm³/mol. The van der Waals surface area contributed by atoms with Crippen molar-refractivity contribution in [1.29, 1.82) is 0 Å². The SMILES string of the molecule is COc1ccc(CNC(=O)Nc2cc(NC(=O)C(C)C)ccc2C)cc1. The van der Waals surface area contributed by atoms with Crippen molar-refractivity contribution in [2.24, 2.45) is 5.92 Å². The molecule has 0 radical (unpaired) electrons. The van der Waals surface area contributed by atoms with Crippen LogP contribution in [0.3, 0.4) is 0 Å². The van der Waals surface area contributed by atoms with E-state index in [1.165, 1.54) is 0 Å². The van der Waals surface area contributed by atoms with Gasteiger partial charge in [-0.3, -0.25) is 4.79 Å². The maximum Gasteiger partial charge on any atom is 0.319 e. The van der Waals surface area contributed by atoms with Gasteiger partial charge in [0.2, 0.25) is 5.91 Å². The van der Waals surface area contributed by atoms with E-state index in [2.05, 4.69) is 16.0 Å². The zero-order valence-corrected chi connectivity index (χ0v) is 15.6. The van der Waals surface area contributed by atoms with Crippen molar-refractivity contribution in [3.63, 3.8) is 0 Å². The number of hydrogen-bond acceptors (Lipinski definition) is 3. The van der Waals surface area contributed by atoms with Crippen LogP contribution in [0.1, 0.15) is 25.0 Å². The van der Waals surface area contributed by atoms with Crippen LogP contribution in [0.15, 0.2) is 42.5 Å². The Hall–Kier alpha value is -3.02. The third kappa shape index (κ3) is 5.51. The lowest BCUT2D eigenvalue weighted by Crippen LogP contribution is -2.28. The summed E-state index contributed by atoms with van der Waals surface area (Å²) in [6, 6.07) is 12.6. The predicted octanol–water partition coefficient (Wildman–Crippen LogP) is 3.92. The maximum absolute atomic E-state index is 12.2. The minimum atomic E-state index is -0.309. The molecule has 0 aliphatic carbocycles.